The van der Waals surface area contributed by atoms with Crippen LogP contribution >= 0.6 is 0 Å². The molecule has 2 heterocycles. The van der Waals surface area contributed by atoms with Gasteiger partial charge in [0.2, 0.25) is 0 Å². The molecule has 6 heteroatoms. The fourth-order valence-electron chi connectivity index (χ4n) is 5.08. The van der Waals surface area contributed by atoms with Gasteiger partial charge in [-0.15, -0.1) is 0 Å². The Labute approximate surface area is 151 Å². The van der Waals surface area contributed by atoms with E-state index in [9.17, 15) is 9.59 Å². The van der Waals surface area contributed by atoms with Crippen LogP contribution in [0.2, 0.25) is 0 Å². The van der Waals surface area contributed by atoms with Crippen LogP contribution in [0.5, 0.6) is 5.75 Å². The quantitative estimate of drug-likeness (QED) is 0.601. The Kier molecular flexibility index (Phi) is 3.57. The highest BCUT2D eigenvalue weighted by atomic mass is 16.7. The minimum Gasteiger partial charge on any atom is -0.493 e. The van der Waals surface area contributed by atoms with Crippen LogP contribution in [0.3, 0.4) is 0 Å². The molecular weight excluding hydrogens is 334 g/mol. The summed E-state index contributed by atoms with van der Waals surface area (Å²) in [5, 5.41) is 1.52. The lowest BCUT2D eigenvalue weighted by Crippen LogP contribution is -2.43. The average molecular weight is 355 g/mol. The Morgan fingerprint density at radius 3 is 2.69 bits per heavy atom. The lowest BCUT2D eigenvalue weighted by Gasteiger charge is -2.34. The Morgan fingerprint density at radius 1 is 1.12 bits per heavy atom. The molecule has 6 nitrogen and oxygen atoms in total. The lowest BCUT2D eigenvalue weighted by molar-refractivity contribution is -0.186. The summed E-state index contributed by atoms with van der Waals surface area (Å²) in [4.78, 5) is 31.6. The van der Waals surface area contributed by atoms with Crippen LogP contribution in [0, 0.1) is 29.6 Å². The predicted octanol–water partition coefficient (Wildman–Crippen LogP) is 2.12. The first-order chi connectivity index (χ1) is 12.7. The van der Waals surface area contributed by atoms with Crippen molar-refractivity contribution in [3.8, 4) is 5.75 Å². The number of ether oxygens (including phenoxy) is 2. The number of esters is 1. The van der Waals surface area contributed by atoms with Crippen molar-refractivity contribution in [2.45, 2.75) is 12.5 Å². The van der Waals surface area contributed by atoms with Gasteiger partial charge in [-0.2, -0.15) is 0 Å². The summed E-state index contributed by atoms with van der Waals surface area (Å²) in [6.45, 7) is 0.979. The first-order valence-electron chi connectivity index (χ1n) is 9.13. The number of allylic oxidation sites excluding steroid dienone is 2. The number of hydrogen-bond donors (Lipinski definition) is 0. The molecule has 0 radical (unpaired) electrons. The number of methoxy groups -OCH3 is 1. The number of fused-ring (bicyclic) bond motifs is 5. The summed E-state index contributed by atoms with van der Waals surface area (Å²) in [5.74, 6) is -0.165. The fraction of sp³-hybridized carbons (Fsp3) is 0.500. The molecule has 2 aliphatic carbocycles. The number of carbonyl (C=O) groups is 2. The van der Waals surface area contributed by atoms with E-state index < -0.39 is 11.8 Å². The molecule has 5 rings (SSSR count). The molecule has 26 heavy (non-hydrogen) atoms. The fourth-order valence-corrected chi connectivity index (χ4v) is 5.08. The van der Waals surface area contributed by atoms with Crippen LogP contribution in [0.25, 0.3) is 0 Å². The maximum Gasteiger partial charge on any atom is 0.310 e. The highest BCUT2D eigenvalue weighted by Gasteiger charge is 2.56. The molecule has 136 valence electrons. The molecule has 0 aromatic heterocycles. The van der Waals surface area contributed by atoms with E-state index in [4.69, 9.17) is 14.3 Å². The van der Waals surface area contributed by atoms with Gasteiger partial charge < -0.3 is 9.47 Å². The number of nitrogens with zero attached hydrogens (tertiary/aromatic N) is 1. The van der Waals surface area contributed by atoms with E-state index in [1.54, 1.807) is 0 Å². The van der Waals surface area contributed by atoms with Crippen LogP contribution in [-0.2, 0) is 19.2 Å². The zero-order valence-corrected chi connectivity index (χ0v) is 14.5. The zero-order chi connectivity index (χ0) is 17.8. The number of carbonyl (C=O) groups excluding carboxylic acids is 2. The molecule has 2 bridgehead atoms. The largest absolute Gasteiger partial charge is 0.493 e. The summed E-state index contributed by atoms with van der Waals surface area (Å²) in [6.07, 6.45) is 4.95. The van der Waals surface area contributed by atoms with E-state index in [-0.39, 0.29) is 35.7 Å². The van der Waals surface area contributed by atoms with Crippen LogP contribution in [0.1, 0.15) is 18.0 Å². The number of hydroxylamine groups is 2. The third-order valence-electron chi connectivity index (χ3n) is 6.25. The molecule has 1 aromatic carbocycles. The molecule has 1 saturated carbocycles. The standard InChI is InChI=1S/C20H21NO5/c1-24-20(23)17-12-7-6-11(8-12)16(17)19(22)21-18-13(10-26-21)9-25-15-5-3-2-4-14(15)18/h2-7,11-13,16-18H,8-10H2,1H3/t11-,12+,13-,16+,17-,18+/m1/s1. The van der Waals surface area contributed by atoms with Crippen molar-refractivity contribution in [3.05, 3.63) is 42.0 Å². The van der Waals surface area contributed by atoms with Crippen molar-refractivity contribution < 1.29 is 23.9 Å². The van der Waals surface area contributed by atoms with E-state index in [1.165, 1.54) is 12.2 Å². The molecule has 0 spiro atoms. The van der Waals surface area contributed by atoms with Gasteiger partial charge in [0, 0.05) is 11.5 Å². The summed E-state index contributed by atoms with van der Waals surface area (Å²) in [6, 6.07) is 7.62. The molecule has 0 unspecified atom stereocenters. The normalized spacial score (nSPS) is 36.4. The topological polar surface area (TPSA) is 65.1 Å². The Balaban J connectivity index is 1.48. The van der Waals surface area contributed by atoms with Gasteiger partial charge in [-0.3, -0.25) is 14.4 Å². The van der Waals surface area contributed by atoms with Crippen molar-refractivity contribution in [3.63, 3.8) is 0 Å². The second-order valence-corrected chi connectivity index (χ2v) is 7.54. The summed E-state index contributed by atoms with van der Waals surface area (Å²) in [5.41, 5.74) is 0.975. The number of benzene rings is 1. The second kappa shape index (κ2) is 5.84. The van der Waals surface area contributed by atoms with Crippen molar-refractivity contribution in [2.24, 2.45) is 29.6 Å². The van der Waals surface area contributed by atoms with Crippen LogP contribution < -0.4 is 4.74 Å². The first-order valence-corrected chi connectivity index (χ1v) is 9.13. The maximum absolute atomic E-state index is 13.5. The number of amides is 1. The number of hydrogen-bond acceptors (Lipinski definition) is 5. The summed E-state index contributed by atoms with van der Waals surface area (Å²) < 4.78 is 10.8. The van der Waals surface area contributed by atoms with Crippen molar-refractivity contribution in [2.75, 3.05) is 20.3 Å². The maximum atomic E-state index is 13.5. The minimum absolute atomic E-state index is 0.0781. The molecule has 6 atom stereocenters. The van der Waals surface area contributed by atoms with Gasteiger partial charge in [0.25, 0.3) is 5.91 Å². The van der Waals surface area contributed by atoms with Gasteiger partial charge >= 0.3 is 5.97 Å². The van der Waals surface area contributed by atoms with Gasteiger partial charge in [0.15, 0.2) is 0 Å². The third kappa shape index (κ3) is 2.14. The molecule has 2 aliphatic heterocycles. The zero-order valence-electron chi connectivity index (χ0n) is 14.5. The van der Waals surface area contributed by atoms with E-state index >= 15 is 0 Å². The van der Waals surface area contributed by atoms with Gasteiger partial charge in [-0.1, -0.05) is 30.4 Å². The SMILES string of the molecule is COC(=O)[C@H]1[C@@H](C(=O)N2OC[C@H]3COc4ccccc4[C@H]32)[C@@H]2C=C[C@H]1C2. The average Bonchev–Trinajstić information content (AvgIpc) is 3.40. The van der Waals surface area contributed by atoms with E-state index in [1.807, 2.05) is 30.3 Å². The smallest absolute Gasteiger partial charge is 0.310 e. The molecule has 1 amide bonds. The van der Waals surface area contributed by atoms with Gasteiger partial charge in [0.05, 0.1) is 38.2 Å². The monoisotopic (exact) mass is 355 g/mol. The van der Waals surface area contributed by atoms with E-state index in [2.05, 4.69) is 6.08 Å². The van der Waals surface area contributed by atoms with Crippen molar-refractivity contribution >= 4 is 11.9 Å². The highest BCUT2D eigenvalue weighted by Crippen LogP contribution is 2.51. The summed E-state index contributed by atoms with van der Waals surface area (Å²) in [7, 11) is 1.39. The van der Waals surface area contributed by atoms with Crippen LogP contribution in [0.15, 0.2) is 36.4 Å². The molecule has 2 fully saturated rings. The van der Waals surface area contributed by atoms with Gasteiger partial charge in [0.1, 0.15) is 5.75 Å². The molecule has 1 saturated heterocycles. The van der Waals surface area contributed by atoms with E-state index in [0.717, 1.165) is 17.7 Å². The van der Waals surface area contributed by atoms with Crippen LogP contribution in [0.4, 0.5) is 0 Å². The van der Waals surface area contributed by atoms with Crippen LogP contribution in [-0.4, -0.2) is 37.3 Å². The Morgan fingerprint density at radius 2 is 1.88 bits per heavy atom. The summed E-state index contributed by atoms with van der Waals surface area (Å²) >= 11 is 0. The Hall–Kier alpha value is -2.34. The van der Waals surface area contributed by atoms with Gasteiger partial charge in [-0.05, 0) is 24.3 Å². The highest BCUT2D eigenvalue weighted by molar-refractivity contribution is 5.87. The number of rotatable bonds is 2. The van der Waals surface area contributed by atoms with Crippen molar-refractivity contribution in [1.29, 1.82) is 0 Å². The van der Waals surface area contributed by atoms with Crippen molar-refractivity contribution in [1.82, 2.24) is 5.06 Å². The first kappa shape index (κ1) is 15.9. The lowest BCUT2D eigenvalue weighted by atomic mass is 9.81. The predicted molar refractivity (Wildman–Crippen MR) is 90.7 cm³/mol. The van der Waals surface area contributed by atoms with Gasteiger partial charge in [-0.25, -0.2) is 5.06 Å². The molecule has 4 aliphatic rings. The van der Waals surface area contributed by atoms with E-state index in [0.29, 0.717) is 13.2 Å². The molecule has 0 N–H and O–H groups in total. The minimum atomic E-state index is -0.416. The second-order valence-electron chi connectivity index (χ2n) is 7.54. The Bertz CT molecular complexity index is 790. The molecular formula is C20H21NO5. The third-order valence-corrected chi connectivity index (χ3v) is 6.25. The number of para-hydroxylation sites is 1. The molecule has 1 aromatic rings.